The molecule has 2 amide bonds. The lowest BCUT2D eigenvalue weighted by Gasteiger charge is -2.21. The minimum absolute atomic E-state index is 0.0611. The summed E-state index contributed by atoms with van der Waals surface area (Å²) in [6.07, 6.45) is 0.807. The summed E-state index contributed by atoms with van der Waals surface area (Å²) in [7, 11) is 0. The van der Waals surface area contributed by atoms with E-state index in [4.69, 9.17) is 22.1 Å². The Morgan fingerprint density at radius 1 is 1.57 bits per heavy atom. The van der Waals surface area contributed by atoms with Crippen LogP contribution in [0.5, 0.6) is 5.75 Å². The van der Waals surface area contributed by atoms with Crippen molar-refractivity contribution in [1.82, 2.24) is 0 Å². The number of halogens is 1. The molecule has 6 nitrogen and oxygen atoms in total. The molecular formula is C14H18ClN3O3. The van der Waals surface area contributed by atoms with Gasteiger partial charge in [0.2, 0.25) is 5.91 Å². The zero-order valence-electron chi connectivity index (χ0n) is 11.9. The predicted octanol–water partition coefficient (Wildman–Crippen LogP) is 1.98. The van der Waals surface area contributed by atoms with Gasteiger partial charge < -0.3 is 21.1 Å². The van der Waals surface area contributed by atoms with Crippen LogP contribution < -0.4 is 21.1 Å². The van der Waals surface area contributed by atoms with Crippen LogP contribution in [0, 0.1) is 5.92 Å². The number of rotatable bonds is 4. The van der Waals surface area contributed by atoms with Gasteiger partial charge in [-0.3, -0.25) is 9.59 Å². The minimum Gasteiger partial charge on any atom is -0.482 e. The van der Waals surface area contributed by atoms with Crippen molar-refractivity contribution < 1.29 is 14.3 Å². The highest BCUT2D eigenvalue weighted by Crippen LogP contribution is 2.36. The molecule has 0 spiro atoms. The molecule has 0 aliphatic carbocycles. The van der Waals surface area contributed by atoms with Crippen molar-refractivity contribution >= 4 is 34.8 Å². The Morgan fingerprint density at radius 3 is 2.95 bits per heavy atom. The van der Waals surface area contributed by atoms with E-state index in [9.17, 15) is 9.59 Å². The predicted molar refractivity (Wildman–Crippen MR) is 81.6 cm³/mol. The lowest BCUT2D eigenvalue weighted by Crippen LogP contribution is -2.40. The summed E-state index contributed by atoms with van der Waals surface area (Å²) >= 11 is 6.11. The van der Waals surface area contributed by atoms with Gasteiger partial charge in [0.05, 0.1) is 22.4 Å². The number of benzene rings is 1. The number of hydrogen-bond acceptors (Lipinski definition) is 4. The van der Waals surface area contributed by atoms with Crippen LogP contribution in [-0.4, -0.2) is 24.5 Å². The van der Waals surface area contributed by atoms with E-state index in [1.165, 1.54) is 0 Å². The highest BCUT2D eigenvalue weighted by molar-refractivity contribution is 6.34. The first-order valence-corrected chi connectivity index (χ1v) is 7.12. The van der Waals surface area contributed by atoms with Gasteiger partial charge in [-0.2, -0.15) is 0 Å². The van der Waals surface area contributed by atoms with Crippen LogP contribution in [0.3, 0.4) is 0 Å². The van der Waals surface area contributed by atoms with E-state index < -0.39 is 6.04 Å². The minimum atomic E-state index is -0.609. The zero-order chi connectivity index (χ0) is 15.6. The fraction of sp³-hybridized carbons (Fsp3) is 0.429. The Labute approximate surface area is 128 Å². The maximum Gasteiger partial charge on any atom is 0.262 e. The standard InChI is InChI=1S/C14H18ClN3O3/c1-3-7(2)13(16)14(20)18-9-5-11-10(4-8(9)15)17-12(19)6-21-11/h4-5,7,13H,3,6,16H2,1-2H3,(H,17,19)(H,18,20)/t7?,13-/m0/s1. The van der Waals surface area contributed by atoms with Crippen LogP contribution in [0.15, 0.2) is 12.1 Å². The molecule has 1 aliphatic heterocycles. The van der Waals surface area contributed by atoms with E-state index in [0.29, 0.717) is 22.1 Å². The molecule has 0 aromatic heterocycles. The lowest BCUT2D eigenvalue weighted by atomic mass is 9.99. The quantitative estimate of drug-likeness (QED) is 0.792. The summed E-state index contributed by atoms with van der Waals surface area (Å²) in [4.78, 5) is 23.3. The molecule has 0 fully saturated rings. The van der Waals surface area contributed by atoms with Crippen LogP contribution >= 0.6 is 11.6 Å². The average Bonchev–Trinajstić information content (AvgIpc) is 2.46. The SMILES string of the molecule is CCC(C)[C@H](N)C(=O)Nc1cc2c(cc1Cl)NC(=O)CO2. The summed E-state index contributed by atoms with van der Waals surface area (Å²) in [6, 6.07) is 2.51. The number of carbonyl (C=O) groups excluding carboxylic acids is 2. The van der Waals surface area contributed by atoms with Crippen molar-refractivity contribution in [3.63, 3.8) is 0 Å². The number of fused-ring (bicyclic) bond motifs is 1. The highest BCUT2D eigenvalue weighted by atomic mass is 35.5. The van der Waals surface area contributed by atoms with Gasteiger partial charge in [-0.15, -0.1) is 0 Å². The molecule has 114 valence electrons. The van der Waals surface area contributed by atoms with Crippen molar-refractivity contribution in [2.24, 2.45) is 11.7 Å². The molecule has 0 radical (unpaired) electrons. The van der Waals surface area contributed by atoms with E-state index in [2.05, 4.69) is 10.6 Å². The van der Waals surface area contributed by atoms with E-state index in [0.717, 1.165) is 6.42 Å². The average molecular weight is 312 g/mol. The van der Waals surface area contributed by atoms with Gasteiger partial charge in [-0.1, -0.05) is 31.9 Å². The third kappa shape index (κ3) is 3.46. The van der Waals surface area contributed by atoms with E-state index in [1.54, 1.807) is 12.1 Å². The van der Waals surface area contributed by atoms with Crippen molar-refractivity contribution in [2.75, 3.05) is 17.2 Å². The van der Waals surface area contributed by atoms with Crippen molar-refractivity contribution in [3.8, 4) is 5.75 Å². The zero-order valence-corrected chi connectivity index (χ0v) is 12.7. The molecular weight excluding hydrogens is 294 g/mol. The molecule has 2 rings (SSSR count). The Hall–Kier alpha value is -1.79. The third-order valence-corrected chi connectivity index (χ3v) is 3.83. The summed E-state index contributed by atoms with van der Waals surface area (Å²) in [5.74, 6) is -0.0106. The van der Waals surface area contributed by atoms with E-state index in [-0.39, 0.29) is 24.3 Å². The first-order valence-electron chi connectivity index (χ1n) is 6.75. The molecule has 0 saturated carbocycles. The van der Waals surface area contributed by atoms with Gasteiger partial charge in [0.25, 0.3) is 5.91 Å². The van der Waals surface area contributed by atoms with Gasteiger partial charge in [-0.25, -0.2) is 0 Å². The maximum atomic E-state index is 12.1. The van der Waals surface area contributed by atoms with Crippen LogP contribution in [-0.2, 0) is 9.59 Å². The molecule has 2 atom stereocenters. The second-order valence-corrected chi connectivity index (χ2v) is 5.47. The van der Waals surface area contributed by atoms with Crippen LogP contribution in [0.1, 0.15) is 20.3 Å². The molecule has 0 saturated heterocycles. The fourth-order valence-electron chi connectivity index (χ4n) is 1.92. The molecule has 1 aromatic carbocycles. The molecule has 4 N–H and O–H groups in total. The number of ether oxygens (including phenoxy) is 1. The van der Waals surface area contributed by atoms with Crippen molar-refractivity contribution in [3.05, 3.63) is 17.2 Å². The lowest BCUT2D eigenvalue weighted by molar-refractivity contribution is -0.119. The topological polar surface area (TPSA) is 93.5 Å². The number of carbonyl (C=O) groups is 2. The Kier molecular flexibility index (Phi) is 4.69. The summed E-state index contributed by atoms with van der Waals surface area (Å²) in [5.41, 5.74) is 6.78. The summed E-state index contributed by atoms with van der Waals surface area (Å²) in [6.45, 7) is 3.83. The molecule has 1 aliphatic rings. The molecule has 0 bridgehead atoms. The van der Waals surface area contributed by atoms with E-state index in [1.807, 2.05) is 13.8 Å². The van der Waals surface area contributed by atoms with Crippen molar-refractivity contribution in [2.45, 2.75) is 26.3 Å². The van der Waals surface area contributed by atoms with Gasteiger partial charge in [0.15, 0.2) is 6.61 Å². The monoisotopic (exact) mass is 311 g/mol. The summed E-state index contributed by atoms with van der Waals surface area (Å²) in [5, 5.41) is 5.65. The second kappa shape index (κ2) is 6.32. The smallest absolute Gasteiger partial charge is 0.262 e. The Balaban J connectivity index is 2.18. The number of nitrogens with one attached hydrogen (secondary N) is 2. The maximum absolute atomic E-state index is 12.1. The molecule has 1 aromatic rings. The molecule has 21 heavy (non-hydrogen) atoms. The fourth-order valence-corrected chi connectivity index (χ4v) is 2.14. The molecule has 1 unspecified atom stereocenters. The molecule has 7 heteroatoms. The van der Waals surface area contributed by atoms with Crippen LogP contribution in [0.2, 0.25) is 5.02 Å². The summed E-state index contributed by atoms with van der Waals surface area (Å²) < 4.78 is 5.29. The largest absolute Gasteiger partial charge is 0.482 e. The van der Waals surface area contributed by atoms with Gasteiger partial charge >= 0.3 is 0 Å². The number of nitrogens with two attached hydrogens (primary N) is 1. The number of hydrogen-bond donors (Lipinski definition) is 3. The van der Waals surface area contributed by atoms with Crippen molar-refractivity contribution in [1.29, 1.82) is 0 Å². The van der Waals surface area contributed by atoms with Gasteiger partial charge in [0, 0.05) is 6.07 Å². The van der Waals surface area contributed by atoms with Gasteiger partial charge in [0.1, 0.15) is 5.75 Å². The van der Waals surface area contributed by atoms with Gasteiger partial charge in [-0.05, 0) is 12.0 Å². The Bertz CT molecular complexity index is 577. The van der Waals surface area contributed by atoms with E-state index >= 15 is 0 Å². The normalized spacial score (nSPS) is 16.3. The first kappa shape index (κ1) is 15.6. The third-order valence-electron chi connectivity index (χ3n) is 3.52. The first-order chi connectivity index (χ1) is 9.92. The highest BCUT2D eigenvalue weighted by Gasteiger charge is 2.22. The molecule has 1 heterocycles. The second-order valence-electron chi connectivity index (χ2n) is 5.07. The number of amides is 2. The van der Waals surface area contributed by atoms with Crippen LogP contribution in [0.4, 0.5) is 11.4 Å². The number of anilines is 2. The Morgan fingerprint density at radius 2 is 2.29 bits per heavy atom. The van der Waals surface area contributed by atoms with Crippen LogP contribution in [0.25, 0.3) is 0 Å².